The summed E-state index contributed by atoms with van der Waals surface area (Å²) >= 11 is 0. The van der Waals surface area contributed by atoms with Gasteiger partial charge in [-0.3, -0.25) is 4.99 Å². The third-order valence-electron chi connectivity index (χ3n) is 4.29. The summed E-state index contributed by atoms with van der Waals surface area (Å²) < 4.78 is 16.0. The normalized spacial score (nSPS) is 12.7. The number of nitrogens with one attached hydrogen (secondary N) is 2. The van der Waals surface area contributed by atoms with Crippen LogP contribution in [-0.2, 0) is 11.2 Å². The van der Waals surface area contributed by atoms with Crippen LogP contribution in [0.5, 0.6) is 11.5 Å². The van der Waals surface area contributed by atoms with Crippen LogP contribution >= 0.6 is 0 Å². The van der Waals surface area contributed by atoms with Crippen LogP contribution < -0.4 is 20.1 Å². The third-order valence-corrected chi connectivity index (χ3v) is 4.29. The van der Waals surface area contributed by atoms with E-state index in [1.54, 1.807) is 33.2 Å². The average Bonchev–Trinajstić information content (AvgIpc) is 2.68. The summed E-state index contributed by atoms with van der Waals surface area (Å²) in [6.07, 6.45) is 0.504. The molecular weight excluding hydrogens is 384 g/mol. The SMILES string of the molecule is CN=C(NCCc1ccc(OC)c(OC)c1)NCC(C)CN(C)C(=O)OC(C)(C)C. The summed E-state index contributed by atoms with van der Waals surface area (Å²) in [5, 5.41) is 6.61. The van der Waals surface area contributed by atoms with Crippen molar-refractivity contribution >= 4 is 12.1 Å². The first kappa shape index (κ1) is 25.4. The lowest BCUT2D eigenvalue weighted by Crippen LogP contribution is -2.43. The number of nitrogens with zero attached hydrogens (tertiary/aromatic N) is 2. The second-order valence-corrected chi connectivity index (χ2v) is 8.29. The van der Waals surface area contributed by atoms with Gasteiger partial charge in [-0.15, -0.1) is 0 Å². The summed E-state index contributed by atoms with van der Waals surface area (Å²) in [4.78, 5) is 17.9. The molecule has 170 valence electrons. The van der Waals surface area contributed by atoms with Crippen molar-refractivity contribution in [2.75, 3.05) is 47.9 Å². The van der Waals surface area contributed by atoms with E-state index in [4.69, 9.17) is 14.2 Å². The number of guanidine groups is 1. The minimum atomic E-state index is -0.493. The van der Waals surface area contributed by atoms with Crippen LogP contribution in [0.2, 0.25) is 0 Å². The third kappa shape index (κ3) is 9.24. The van der Waals surface area contributed by atoms with Gasteiger partial charge in [0.25, 0.3) is 0 Å². The number of aliphatic imine (C=N–C) groups is 1. The molecule has 0 aromatic heterocycles. The molecule has 0 bridgehead atoms. The lowest BCUT2D eigenvalue weighted by molar-refractivity contribution is 0.0278. The molecule has 0 aliphatic rings. The first-order chi connectivity index (χ1) is 14.1. The Kier molecular flexibility index (Phi) is 10.3. The molecule has 0 aliphatic carbocycles. The fourth-order valence-electron chi connectivity index (χ4n) is 2.80. The number of ether oxygens (including phenoxy) is 3. The molecule has 0 saturated carbocycles. The molecule has 1 aromatic rings. The molecule has 1 atom stereocenters. The van der Waals surface area contributed by atoms with Gasteiger partial charge in [-0.1, -0.05) is 13.0 Å². The standard InChI is InChI=1S/C22H38N4O4/c1-16(15-26(6)21(27)30-22(2,3)4)14-25-20(23-5)24-12-11-17-9-10-18(28-7)19(13-17)29-8/h9-10,13,16H,11-12,14-15H2,1-8H3,(H2,23,24,25). The molecule has 0 aliphatic heterocycles. The van der Waals surface area contributed by atoms with E-state index >= 15 is 0 Å². The van der Waals surface area contributed by atoms with Gasteiger partial charge < -0.3 is 29.7 Å². The lowest BCUT2D eigenvalue weighted by atomic mass is 10.1. The van der Waals surface area contributed by atoms with Crippen molar-refractivity contribution in [3.8, 4) is 11.5 Å². The van der Waals surface area contributed by atoms with Gasteiger partial charge in [0.15, 0.2) is 17.5 Å². The summed E-state index contributed by atoms with van der Waals surface area (Å²) in [5.41, 5.74) is 0.648. The molecule has 1 amide bonds. The fraction of sp³-hybridized carbons (Fsp3) is 0.636. The minimum Gasteiger partial charge on any atom is -0.493 e. The maximum absolute atomic E-state index is 12.1. The van der Waals surface area contributed by atoms with E-state index in [0.29, 0.717) is 13.1 Å². The molecule has 1 unspecified atom stereocenters. The minimum absolute atomic E-state index is 0.229. The number of hydrogen-bond donors (Lipinski definition) is 2. The monoisotopic (exact) mass is 422 g/mol. The van der Waals surface area contributed by atoms with Crippen LogP contribution in [0.25, 0.3) is 0 Å². The molecule has 1 aromatic carbocycles. The highest BCUT2D eigenvalue weighted by atomic mass is 16.6. The number of carbonyl (C=O) groups excluding carboxylic acids is 1. The highest BCUT2D eigenvalue weighted by Gasteiger charge is 2.20. The lowest BCUT2D eigenvalue weighted by Gasteiger charge is -2.26. The fourth-order valence-corrected chi connectivity index (χ4v) is 2.80. The number of methoxy groups -OCH3 is 2. The zero-order valence-electron chi connectivity index (χ0n) is 19.7. The van der Waals surface area contributed by atoms with Gasteiger partial charge >= 0.3 is 6.09 Å². The van der Waals surface area contributed by atoms with Gasteiger partial charge in [0, 0.05) is 33.7 Å². The Morgan fingerprint density at radius 1 is 1.17 bits per heavy atom. The van der Waals surface area contributed by atoms with Gasteiger partial charge in [0.2, 0.25) is 0 Å². The molecule has 8 heteroatoms. The number of carbonyl (C=O) groups is 1. The second-order valence-electron chi connectivity index (χ2n) is 8.29. The molecule has 2 N–H and O–H groups in total. The Balaban J connectivity index is 2.42. The molecule has 8 nitrogen and oxygen atoms in total. The molecule has 1 rings (SSSR count). The number of hydrogen-bond acceptors (Lipinski definition) is 5. The van der Waals surface area contributed by atoms with E-state index in [0.717, 1.165) is 36.0 Å². The van der Waals surface area contributed by atoms with Gasteiger partial charge in [-0.25, -0.2) is 4.79 Å². The first-order valence-electron chi connectivity index (χ1n) is 10.2. The Labute approximate surface area is 181 Å². The maximum Gasteiger partial charge on any atom is 0.410 e. The van der Waals surface area contributed by atoms with Crippen molar-refractivity contribution in [3.63, 3.8) is 0 Å². The summed E-state index contributed by atoms with van der Waals surface area (Å²) in [6.45, 7) is 9.66. The summed E-state index contributed by atoms with van der Waals surface area (Å²) in [6, 6.07) is 5.91. The molecule has 0 fully saturated rings. The Hall–Kier alpha value is -2.64. The van der Waals surface area contributed by atoms with Crippen molar-refractivity contribution in [2.24, 2.45) is 10.9 Å². The van der Waals surface area contributed by atoms with Gasteiger partial charge in [-0.2, -0.15) is 0 Å². The highest BCUT2D eigenvalue weighted by Crippen LogP contribution is 2.27. The highest BCUT2D eigenvalue weighted by molar-refractivity contribution is 5.79. The number of rotatable bonds is 9. The van der Waals surface area contributed by atoms with Gasteiger partial charge in [-0.05, 0) is 50.8 Å². The first-order valence-corrected chi connectivity index (χ1v) is 10.2. The van der Waals surface area contributed by atoms with E-state index < -0.39 is 5.60 Å². The average molecular weight is 423 g/mol. The van der Waals surface area contributed by atoms with Crippen LogP contribution in [-0.4, -0.2) is 70.5 Å². The second kappa shape index (κ2) is 12.1. The topological polar surface area (TPSA) is 84.4 Å². The largest absolute Gasteiger partial charge is 0.493 e. The van der Waals surface area contributed by atoms with E-state index in [2.05, 4.69) is 22.5 Å². The van der Waals surface area contributed by atoms with Crippen LogP contribution in [0.3, 0.4) is 0 Å². The molecule has 0 saturated heterocycles. The van der Waals surface area contributed by atoms with Crippen LogP contribution in [0.1, 0.15) is 33.3 Å². The van der Waals surface area contributed by atoms with Crippen molar-refractivity contribution in [2.45, 2.75) is 39.7 Å². The molecule has 0 heterocycles. The van der Waals surface area contributed by atoms with Crippen LogP contribution in [0.4, 0.5) is 4.79 Å². The molecule has 0 spiro atoms. The maximum atomic E-state index is 12.1. The number of benzene rings is 1. The zero-order valence-corrected chi connectivity index (χ0v) is 19.7. The van der Waals surface area contributed by atoms with Crippen molar-refractivity contribution in [3.05, 3.63) is 23.8 Å². The van der Waals surface area contributed by atoms with Gasteiger partial charge in [0.05, 0.1) is 14.2 Å². The van der Waals surface area contributed by atoms with Crippen molar-refractivity contribution in [1.82, 2.24) is 15.5 Å². The van der Waals surface area contributed by atoms with E-state index in [-0.39, 0.29) is 12.0 Å². The van der Waals surface area contributed by atoms with Crippen molar-refractivity contribution < 1.29 is 19.0 Å². The quantitative estimate of drug-likeness (QED) is 0.470. The summed E-state index contributed by atoms with van der Waals surface area (Å²) in [5.74, 6) is 2.40. The zero-order chi connectivity index (χ0) is 22.7. The Bertz CT molecular complexity index is 701. The molecule has 30 heavy (non-hydrogen) atoms. The van der Waals surface area contributed by atoms with Crippen LogP contribution in [0, 0.1) is 5.92 Å². The predicted molar refractivity (Wildman–Crippen MR) is 121 cm³/mol. The molecular formula is C22H38N4O4. The predicted octanol–water partition coefficient (Wildman–Crippen LogP) is 2.91. The molecule has 0 radical (unpaired) electrons. The Morgan fingerprint density at radius 2 is 1.83 bits per heavy atom. The van der Waals surface area contributed by atoms with Gasteiger partial charge in [0.1, 0.15) is 5.60 Å². The van der Waals surface area contributed by atoms with Crippen LogP contribution in [0.15, 0.2) is 23.2 Å². The Morgan fingerprint density at radius 3 is 2.40 bits per heavy atom. The number of amides is 1. The van der Waals surface area contributed by atoms with E-state index in [1.165, 1.54) is 0 Å². The smallest absolute Gasteiger partial charge is 0.410 e. The van der Waals surface area contributed by atoms with E-state index in [9.17, 15) is 4.79 Å². The van der Waals surface area contributed by atoms with E-state index in [1.807, 2.05) is 39.0 Å². The van der Waals surface area contributed by atoms with Crippen molar-refractivity contribution in [1.29, 1.82) is 0 Å². The summed E-state index contributed by atoms with van der Waals surface area (Å²) in [7, 11) is 6.75.